The number of nitrogen functional groups attached to an aromatic ring is 1. The van der Waals surface area contributed by atoms with Gasteiger partial charge in [-0.1, -0.05) is 13.8 Å². The summed E-state index contributed by atoms with van der Waals surface area (Å²) < 4.78 is 6.53. The van der Waals surface area contributed by atoms with Crippen molar-refractivity contribution in [3.8, 4) is 0 Å². The van der Waals surface area contributed by atoms with Crippen LogP contribution < -0.4 is 5.73 Å². The third kappa shape index (κ3) is 4.51. The van der Waals surface area contributed by atoms with Gasteiger partial charge in [-0.2, -0.15) is 0 Å². The Kier molecular flexibility index (Phi) is 6.27. The Morgan fingerprint density at radius 2 is 2.21 bits per heavy atom. The molecule has 7 nitrogen and oxygen atoms in total. The number of nitrogens with zero attached hydrogens (tertiary/aromatic N) is 4. The van der Waals surface area contributed by atoms with Crippen molar-refractivity contribution in [2.75, 3.05) is 26.0 Å². The lowest BCUT2D eigenvalue weighted by Crippen LogP contribution is -2.43. The van der Waals surface area contributed by atoms with E-state index in [-0.39, 0.29) is 24.4 Å². The van der Waals surface area contributed by atoms with Gasteiger partial charge < -0.3 is 15.4 Å². The summed E-state index contributed by atoms with van der Waals surface area (Å²) >= 11 is 0. The highest BCUT2D eigenvalue weighted by Crippen LogP contribution is 2.09. The molecule has 0 atom stereocenters. The van der Waals surface area contributed by atoms with Crippen LogP contribution in [0, 0.1) is 0 Å². The van der Waals surface area contributed by atoms with Crippen molar-refractivity contribution in [1.82, 2.24) is 19.7 Å². The summed E-state index contributed by atoms with van der Waals surface area (Å²) in [5.41, 5.74) is 5.43. The first-order chi connectivity index (χ1) is 9.12. The first-order valence-corrected chi connectivity index (χ1v) is 6.55. The third-order valence-corrected chi connectivity index (χ3v) is 3.09. The van der Waals surface area contributed by atoms with Gasteiger partial charge in [0.1, 0.15) is 12.9 Å². The van der Waals surface area contributed by atoms with Crippen molar-refractivity contribution in [1.29, 1.82) is 0 Å². The number of carbonyl (C=O) groups excluding carboxylic acids is 1. The molecule has 0 unspecified atom stereocenters. The molecule has 1 heterocycles. The maximum atomic E-state index is 12.3. The van der Waals surface area contributed by atoms with E-state index in [0.717, 1.165) is 12.8 Å². The Balaban J connectivity index is 2.69. The zero-order valence-corrected chi connectivity index (χ0v) is 11.9. The van der Waals surface area contributed by atoms with Gasteiger partial charge in [0.15, 0.2) is 0 Å². The lowest BCUT2D eigenvalue weighted by molar-refractivity contribution is -0.135. The number of anilines is 1. The van der Waals surface area contributed by atoms with Gasteiger partial charge in [-0.25, -0.2) is 9.67 Å². The maximum Gasteiger partial charge on any atom is 0.244 e. The first-order valence-electron chi connectivity index (χ1n) is 6.55. The molecule has 0 aromatic carbocycles. The Hall–Kier alpha value is -1.63. The number of nitrogens with two attached hydrogens (primary N) is 1. The monoisotopic (exact) mass is 269 g/mol. The van der Waals surface area contributed by atoms with Crippen LogP contribution in [0.2, 0.25) is 0 Å². The lowest BCUT2D eigenvalue weighted by Gasteiger charge is -2.30. The lowest BCUT2D eigenvalue weighted by atomic mass is 10.1. The van der Waals surface area contributed by atoms with Crippen LogP contribution in [0.4, 0.5) is 5.95 Å². The van der Waals surface area contributed by atoms with E-state index in [0.29, 0.717) is 13.2 Å². The SMILES string of the molecule is CCC(CC)N(CCOC)C(=O)Cn1cnc(N)n1. The highest BCUT2D eigenvalue weighted by molar-refractivity contribution is 5.76. The number of amides is 1. The predicted octanol–water partition coefficient (Wildman–Crippen LogP) is 0.524. The number of rotatable bonds is 8. The molecule has 0 bridgehead atoms. The fourth-order valence-corrected chi connectivity index (χ4v) is 2.04. The molecule has 19 heavy (non-hydrogen) atoms. The minimum absolute atomic E-state index is 0.00986. The number of methoxy groups -OCH3 is 1. The average Bonchev–Trinajstić information content (AvgIpc) is 2.79. The first kappa shape index (κ1) is 15.4. The zero-order valence-electron chi connectivity index (χ0n) is 11.9. The van der Waals surface area contributed by atoms with Crippen molar-refractivity contribution < 1.29 is 9.53 Å². The van der Waals surface area contributed by atoms with Crippen molar-refractivity contribution >= 4 is 11.9 Å². The molecular formula is C12H23N5O2. The molecule has 0 aliphatic rings. The van der Waals surface area contributed by atoms with Gasteiger partial charge in [0.2, 0.25) is 11.9 Å². The third-order valence-electron chi connectivity index (χ3n) is 3.09. The quantitative estimate of drug-likeness (QED) is 0.743. The minimum atomic E-state index is 0.00986. The minimum Gasteiger partial charge on any atom is -0.383 e. The highest BCUT2D eigenvalue weighted by atomic mass is 16.5. The molecule has 0 radical (unpaired) electrons. The van der Waals surface area contributed by atoms with E-state index in [1.54, 1.807) is 7.11 Å². The summed E-state index contributed by atoms with van der Waals surface area (Å²) in [7, 11) is 1.63. The standard InChI is InChI=1S/C12H23N5O2/c1-4-10(5-2)17(6-7-19-3)11(18)8-16-9-14-12(13)15-16/h9-10H,4-8H2,1-3H3,(H2,13,15). The van der Waals surface area contributed by atoms with Gasteiger partial charge in [-0.05, 0) is 12.8 Å². The Labute approximate surface area is 113 Å². The van der Waals surface area contributed by atoms with Gasteiger partial charge in [-0.3, -0.25) is 4.79 Å². The van der Waals surface area contributed by atoms with Crippen LogP contribution in [-0.4, -0.2) is 51.9 Å². The summed E-state index contributed by atoms with van der Waals surface area (Å²) in [6.07, 6.45) is 3.31. The molecule has 0 fully saturated rings. The van der Waals surface area contributed by atoms with E-state index in [1.165, 1.54) is 11.0 Å². The second-order valence-electron chi connectivity index (χ2n) is 4.35. The van der Waals surface area contributed by atoms with Crippen molar-refractivity contribution in [3.05, 3.63) is 6.33 Å². The van der Waals surface area contributed by atoms with E-state index >= 15 is 0 Å². The fraction of sp³-hybridized carbons (Fsp3) is 0.750. The number of hydrogen-bond acceptors (Lipinski definition) is 5. The largest absolute Gasteiger partial charge is 0.383 e. The Morgan fingerprint density at radius 1 is 1.53 bits per heavy atom. The number of hydrogen-bond donors (Lipinski definition) is 1. The highest BCUT2D eigenvalue weighted by Gasteiger charge is 2.21. The maximum absolute atomic E-state index is 12.3. The number of carbonyl (C=O) groups is 1. The van der Waals surface area contributed by atoms with E-state index in [4.69, 9.17) is 10.5 Å². The fourth-order valence-electron chi connectivity index (χ4n) is 2.04. The average molecular weight is 269 g/mol. The second kappa shape index (κ2) is 7.73. The predicted molar refractivity (Wildman–Crippen MR) is 72.4 cm³/mol. The van der Waals surface area contributed by atoms with Gasteiger partial charge in [-0.15, -0.1) is 5.10 Å². The van der Waals surface area contributed by atoms with Gasteiger partial charge in [0.25, 0.3) is 0 Å². The van der Waals surface area contributed by atoms with Crippen LogP contribution in [0.25, 0.3) is 0 Å². The molecule has 7 heteroatoms. The zero-order chi connectivity index (χ0) is 14.3. The molecule has 0 saturated heterocycles. The molecule has 0 aliphatic carbocycles. The molecule has 1 aromatic rings. The summed E-state index contributed by atoms with van der Waals surface area (Å²) in [6.45, 7) is 5.43. The Morgan fingerprint density at radius 3 is 2.68 bits per heavy atom. The molecule has 0 saturated carbocycles. The molecule has 0 aliphatic heterocycles. The molecule has 1 rings (SSSR count). The van der Waals surface area contributed by atoms with Crippen LogP contribution >= 0.6 is 0 Å². The van der Waals surface area contributed by atoms with Crippen LogP contribution in [-0.2, 0) is 16.1 Å². The normalized spacial score (nSPS) is 10.9. The van der Waals surface area contributed by atoms with Crippen LogP contribution in [0.3, 0.4) is 0 Å². The summed E-state index contributed by atoms with van der Waals surface area (Å²) in [4.78, 5) is 18.0. The summed E-state index contributed by atoms with van der Waals surface area (Å²) in [5.74, 6) is 0.189. The second-order valence-corrected chi connectivity index (χ2v) is 4.35. The van der Waals surface area contributed by atoms with Crippen LogP contribution in [0.5, 0.6) is 0 Å². The molecule has 1 aromatic heterocycles. The number of aromatic nitrogens is 3. The molecule has 0 spiro atoms. The Bertz CT molecular complexity index is 389. The van der Waals surface area contributed by atoms with E-state index < -0.39 is 0 Å². The van der Waals surface area contributed by atoms with Gasteiger partial charge in [0, 0.05) is 19.7 Å². The van der Waals surface area contributed by atoms with Crippen molar-refractivity contribution in [2.45, 2.75) is 39.3 Å². The smallest absolute Gasteiger partial charge is 0.244 e. The number of ether oxygens (including phenoxy) is 1. The molecule has 2 N–H and O–H groups in total. The molecule has 108 valence electrons. The van der Waals surface area contributed by atoms with Crippen molar-refractivity contribution in [2.24, 2.45) is 0 Å². The summed E-state index contributed by atoms with van der Waals surface area (Å²) in [6, 6.07) is 0.225. The topological polar surface area (TPSA) is 86.3 Å². The summed E-state index contributed by atoms with van der Waals surface area (Å²) in [5, 5.41) is 3.93. The van der Waals surface area contributed by atoms with E-state index in [2.05, 4.69) is 23.9 Å². The van der Waals surface area contributed by atoms with Gasteiger partial charge >= 0.3 is 0 Å². The molecular weight excluding hydrogens is 246 g/mol. The van der Waals surface area contributed by atoms with E-state index in [1.807, 2.05) is 4.90 Å². The van der Waals surface area contributed by atoms with Crippen LogP contribution in [0.15, 0.2) is 6.33 Å². The van der Waals surface area contributed by atoms with Crippen molar-refractivity contribution in [3.63, 3.8) is 0 Å². The van der Waals surface area contributed by atoms with E-state index in [9.17, 15) is 4.79 Å². The molecule has 1 amide bonds. The van der Waals surface area contributed by atoms with Crippen LogP contribution in [0.1, 0.15) is 26.7 Å². The van der Waals surface area contributed by atoms with Gasteiger partial charge in [0.05, 0.1) is 6.61 Å².